The van der Waals surface area contributed by atoms with Gasteiger partial charge in [0.1, 0.15) is 0 Å². The van der Waals surface area contributed by atoms with Crippen molar-refractivity contribution in [3.05, 3.63) is 64.7 Å². The van der Waals surface area contributed by atoms with E-state index in [0.717, 1.165) is 5.56 Å². The minimum Gasteiger partial charge on any atom is -0.478 e. The number of hydrogen-bond donors (Lipinski definition) is 1. The molecule has 1 amide bonds. The molecule has 1 saturated heterocycles. The maximum absolute atomic E-state index is 12.3. The molecule has 1 aliphatic rings. The molecule has 0 spiro atoms. The lowest BCUT2D eigenvalue weighted by molar-refractivity contribution is -0.121. The highest BCUT2D eigenvalue weighted by Gasteiger charge is 2.30. The van der Waals surface area contributed by atoms with Crippen LogP contribution in [-0.4, -0.2) is 39.1 Å². The first kappa shape index (κ1) is 15.9. The minimum atomic E-state index is -0.981. The number of aromatic carboxylic acids is 1. The number of likely N-dealkylation sites (N-methyl/N-ethyl adjacent to an activating group) is 1. The molecule has 0 aliphatic carbocycles. The van der Waals surface area contributed by atoms with Crippen molar-refractivity contribution in [1.29, 1.82) is 0 Å². The highest BCUT2D eigenvalue weighted by molar-refractivity contribution is 8.18. The molecule has 1 fully saturated rings. The standard InChI is InChI=1S/C17H13N3O3S/c1-20-15(21)13(10-11-5-7-12(8-6-11)16(22)23)24-17(20)19-14-4-2-3-9-18-14/h2-10H,1H3,(H,22,23)/b13-10+,19-17-. The number of rotatable bonds is 3. The maximum atomic E-state index is 12.3. The van der Waals surface area contributed by atoms with Crippen LogP contribution in [0.15, 0.2) is 58.6 Å². The summed E-state index contributed by atoms with van der Waals surface area (Å²) >= 11 is 1.26. The second kappa shape index (κ2) is 6.67. The first-order chi connectivity index (χ1) is 11.5. The van der Waals surface area contributed by atoms with Crippen molar-refractivity contribution in [3.8, 4) is 0 Å². The third-order valence-corrected chi connectivity index (χ3v) is 4.38. The molecule has 0 saturated carbocycles. The van der Waals surface area contributed by atoms with E-state index in [9.17, 15) is 9.59 Å². The number of carbonyl (C=O) groups is 2. The van der Waals surface area contributed by atoms with Gasteiger partial charge in [-0.1, -0.05) is 18.2 Å². The molecule has 2 heterocycles. The first-order valence-electron chi connectivity index (χ1n) is 7.05. The Balaban J connectivity index is 1.86. The Morgan fingerprint density at radius 1 is 1.25 bits per heavy atom. The van der Waals surface area contributed by atoms with E-state index in [4.69, 9.17) is 5.11 Å². The topological polar surface area (TPSA) is 82.9 Å². The number of amides is 1. The number of carbonyl (C=O) groups excluding carboxylic acids is 1. The van der Waals surface area contributed by atoms with Crippen LogP contribution >= 0.6 is 11.8 Å². The van der Waals surface area contributed by atoms with Gasteiger partial charge in [-0.15, -0.1) is 0 Å². The average molecular weight is 339 g/mol. The van der Waals surface area contributed by atoms with Crippen LogP contribution in [0.2, 0.25) is 0 Å². The van der Waals surface area contributed by atoms with Gasteiger partial charge in [0.05, 0.1) is 10.5 Å². The number of aromatic nitrogens is 1. The van der Waals surface area contributed by atoms with Crippen LogP contribution in [0, 0.1) is 0 Å². The summed E-state index contributed by atoms with van der Waals surface area (Å²) in [4.78, 5) is 33.7. The normalized spacial score (nSPS) is 17.7. The summed E-state index contributed by atoms with van der Waals surface area (Å²) in [7, 11) is 1.66. The number of thioether (sulfide) groups is 1. The fourth-order valence-corrected chi connectivity index (χ4v) is 3.02. The van der Waals surface area contributed by atoms with E-state index in [-0.39, 0.29) is 11.5 Å². The summed E-state index contributed by atoms with van der Waals surface area (Å²) in [5, 5.41) is 9.46. The molecule has 3 rings (SSSR count). The van der Waals surface area contributed by atoms with Crippen molar-refractivity contribution in [2.45, 2.75) is 0 Å². The van der Waals surface area contributed by atoms with E-state index in [1.54, 1.807) is 43.6 Å². The Labute approximate surface area is 142 Å². The van der Waals surface area contributed by atoms with Gasteiger partial charge < -0.3 is 5.11 Å². The third kappa shape index (κ3) is 3.36. The lowest BCUT2D eigenvalue weighted by Crippen LogP contribution is -2.23. The zero-order valence-corrected chi connectivity index (χ0v) is 13.5. The van der Waals surface area contributed by atoms with Crippen molar-refractivity contribution in [1.82, 2.24) is 9.88 Å². The van der Waals surface area contributed by atoms with Gasteiger partial charge in [0.15, 0.2) is 11.0 Å². The quantitative estimate of drug-likeness (QED) is 0.869. The summed E-state index contributed by atoms with van der Waals surface area (Å²) in [5.41, 5.74) is 0.959. The summed E-state index contributed by atoms with van der Waals surface area (Å²) in [6.45, 7) is 0. The van der Waals surface area contributed by atoms with E-state index < -0.39 is 5.97 Å². The second-order valence-electron chi connectivity index (χ2n) is 4.98. The number of nitrogens with zero attached hydrogens (tertiary/aromatic N) is 3. The molecule has 0 unspecified atom stereocenters. The van der Waals surface area contributed by atoms with Crippen molar-refractivity contribution in [2.24, 2.45) is 4.99 Å². The lowest BCUT2D eigenvalue weighted by atomic mass is 10.1. The summed E-state index contributed by atoms with van der Waals surface area (Å²) in [6, 6.07) is 11.7. The SMILES string of the molecule is CN1C(=O)/C(=C\c2ccc(C(=O)O)cc2)S/C1=N\c1ccccn1. The smallest absolute Gasteiger partial charge is 0.335 e. The van der Waals surface area contributed by atoms with Crippen molar-refractivity contribution in [3.63, 3.8) is 0 Å². The summed E-state index contributed by atoms with van der Waals surface area (Å²) in [6.07, 6.45) is 3.36. The molecule has 6 nitrogen and oxygen atoms in total. The van der Waals surface area contributed by atoms with Crippen molar-refractivity contribution < 1.29 is 14.7 Å². The molecule has 0 atom stereocenters. The van der Waals surface area contributed by atoms with E-state index in [1.807, 2.05) is 6.07 Å². The van der Waals surface area contributed by atoms with Gasteiger partial charge >= 0.3 is 5.97 Å². The van der Waals surface area contributed by atoms with Crippen molar-refractivity contribution in [2.75, 3.05) is 7.05 Å². The van der Waals surface area contributed by atoms with Crippen LogP contribution in [0.1, 0.15) is 15.9 Å². The maximum Gasteiger partial charge on any atom is 0.335 e. The molecule has 0 bridgehead atoms. The zero-order chi connectivity index (χ0) is 17.1. The van der Waals surface area contributed by atoms with Gasteiger partial charge in [-0.25, -0.2) is 14.8 Å². The lowest BCUT2D eigenvalue weighted by Gasteiger charge is -2.06. The van der Waals surface area contributed by atoms with E-state index in [1.165, 1.54) is 28.8 Å². The Bertz CT molecular complexity index is 845. The zero-order valence-electron chi connectivity index (χ0n) is 12.7. The number of carboxylic acid groups (broad SMARTS) is 1. The summed E-state index contributed by atoms with van der Waals surface area (Å²) in [5.74, 6) is -0.603. The van der Waals surface area contributed by atoms with Crippen LogP contribution in [0.25, 0.3) is 6.08 Å². The van der Waals surface area contributed by atoms with Gasteiger partial charge in [0, 0.05) is 13.2 Å². The van der Waals surface area contributed by atoms with E-state index in [0.29, 0.717) is 15.9 Å². The van der Waals surface area contributed by atoms with Crippen molar-refractivity contribution >= 4 is 40.7 Å². The molecule has 2 aromatic rings. The monoisotopic (exact) mass is 339 g/mol. The van der Waals surface area contributed by atoms with Crippen LogP contribution in [0.4, 0.5) is 5.82 Å². The van der Waals surface area contributed by atoms with Gasteiger partial charge in [-0.2, -0.15) is 0 Å². The third-order valence-electron chi connectivity index (χ3n) is 3.32. The fourth-order valence-electron chi connectivity index (χ4n) is 2.04. The fraction of sp³-hybridized carbons (Fsp3) is 0.0588. The highest BCUT2D eigenvalue weighted by atomic mass is 32.2. The Hall–Kier alpha value is -2.93. The van der Waals surface area contributed by atoms with Gasteiger partial charge in [0.25, 0.3) is 5.91 Å². The molecule has 1 aromatic carbocycles. The van der Waals surface area contributed by atoms with E-state index >= 15 is 0 Å². The minimum absolute atomic E-state index is 0.156. The molecular formula is C17H13N3O3S. The molecular weight excluding hydrogens is 326 g/mol. The van der Waals surface area contributed by atoms with Gasteiger partial charge in [0.2, 0.25) is 0 Å². The number of pyridine rings is 1. The number of benzene rings is 1. The molecule has 1 aliphatic heterocycles. The Kier molecular flexibility index (Phi) is 4.43. The number of hydrogen-bond acceptors (Lipinski definition) is 5. The highest BCUT2D eigenvalue weighted by Crippen LogP contribution is 2.32. The largest absolute Gasteiger partial charge is 0.478 e. The second-order valence-corrected chi connectivity index (χ2v) is 5.99. The average Bonchev–Trinajstić information content (AvgIpc) is 2.84. The van der Waals surface area contributed by atoms with Crippen LogP contribution in [0.3, 0.4) is 0 Å². The van der Waals surface area contributed by atoms with E-state index in [2.05, 4.69) is 9.98 Å². The molecule has 7 heteroatoms. The molecule has 0 radical (unpaired) electrons. The predicted molar refractivity (Wildman–Crippen MR) is 93.1 cm³/mol. The number of amidine groups is 1. The molecule has 1 N–H and O–H groups in total. The molecule has 24 heavy (non-hydrogen) atoms. The number of aliphatic imine (C=N–C) groups is 1. The van der Waals surface area contributed by atoms with Crippen LogP contribution in [0.5, 0.6) is 0 Å². The Morgan fingerprint density at radius 3 is 2.62 bits per heavy atom. The molecule has 120 valence electrons. The molecule has 1 aromatic heterocycles. The van der Waals surface area contributed by atoms with Crippen LogP contribution in [-0.2, 0) is 4.79 Å². The predicted octanol–water partition coefficient (Wildman–Crippen LogP) is 3.01. The summed E-state index contributed by atoms with van der Waals surface area (Å²) < 4.78 is 0. The first-order valence-corrected chi connectivity index (χ1v) is 7.87. The number of carboxylic acids is 1. The van der Waals surface area contributed by atoms with Gasteiger partial charge in [-0.05, 0) is 47.7 Å². The Morgan fingerprint density at radius 2 is 2.00 bits per heavy atom. The van der Waals surface area contributed by atoms with Crippen LogP contribution < -0.4 is 0 Å². The van der Waals surface area contributed by atoms with Gasteiger partial charge in [-0.3, -0.25) is 9.69 Å².